The van der Waals surface area contributed by atoms with Crippen LogP contribution in [0.4, 0.5) is 18.9 Å². The molecule has 5 aromatic heterocycles. The first kappa shape index (κ1) is 24.5. The SMILES string of the molecule is COc1cc(NC(=O)[C@H]2C[C@@](C)(c3ccn(C(F)F)n3)c3c2cnc2cc(F)nn32)cnc1-c1ncccn1. The highest BCUT2D eigenvalue weighted by molar-refractivity contribution is 5.97. The lowest BCUT2D eigenvalue weighted by Crippen LogP contribution is -2.26. The Labute approximate surface area is 218 Å². The van der Waals surface area contributed by atoms with Crippen LogP contribution in [0.15, 0.2) is 55.2 Å². The van der Waals surface area contributed by atoms with E-state index in [4.69, 9.17) is 4.74 Å². The van der Waals surface area contributed by atoms with E-state index in [0.29, 0.717) is 44.6 Å². The molecule has 0 saturated heterocycles. The Bertz CT molecular complexity index is 1710. The van der Waals surface area contributed by atoms with Gasteiger partial charge in [0.2, 0.25) is 11.9 Å². The van der Waals surface area contributed by atoms with Crippen molar-refractivity contribution in [2.24, 2.45) is 0 Å². The van der Waals surface area contributed by atoms with Crippen molar-refractivity contribution >= 4 is 17.2 Å². The van der Waals surface area contributed by atoms with Gasteiger partial charge >= 0.3 is 6.55 Å². The van der Waals surface area contributed by atoms with Gasteiger partial charge in [-0.05, 0) is 25.5 Å². The summed E-state index contributed by atoms with van der Waals surface area (Å²) >= 11 is 0. The topological polar surface area (TPSA) is 125 Å². The normalized spacial score (nSPS) is 18.5. The summed E-state index contributed by atoms with van der Waals surface area (Å²) in [7, 11) is 1.46. The molecular formula is C25H20F3N9O2. The van der Waals surface area contributed by atoms with Crippen molar-refractivity contribution in [3.05, 3.63) is 78.1 Å². The first-order chi connectivity index (χ1) is 18.8. The van der Waals surface area contributed by atoms with Crippen molar-refractivity contribution in [3.63, 3.8) is 0 Å². The van der Waals surface area contributed by atoms with Crippen LogP contribution in [0.3, 0.4) is 0 Å². The summed E-state index contributed by atoms with van der Waals surface area (Å²) < 4.78 is 48.1. The maximum atomic E-state index is 14.1. The highest BCUT2D eigenvalue weighted by atomic mass is 19.3. The number of rotatable bonds is 6. The number of pyridine rings is 1. The average molecular weight is 535 g/mol. The smallest absolute Gasteiger partial charge is 0.333 e. The molecule has 0 radical (unpaired) electrons. The molecule has 11 nitrogen and oxygen atoms in total. The second-order valence-corrected chi connectivity index (χ2v) is 9.18. The number of amides is 1. The number of carbonyl (C=O) groups excluding carboxylic acids is 1. The van der Waals surface area contributed by atoms with E-state index in [9.17, 15) is 18.0 Å². The summed E-state index contributed by atoms with van der Waals surface area (Å²) in [6.07, 6.45) is 7.41. The maximum Gasteiger partial charge on any atom is 0.333 e. The second kappa shape index (κ2) is 9.15. The number of nitrogens with one attached hydrogen (secondary N) is 1. The van der Waals surface area contributed by atoms with E-state index in [2.05, 4.69) is 35.5 Å². The molecule has 5 aromatic rings. The van der Waals surface area contributed by atoms with Gasteiger partial charge in [-0.1, -0.05) is 0 Å². The fourth-order valence-electron chi connectivity index (χ4n) is 5.03. The number of anilines is 1. The van der Waals surface area contributed by atoms with Gasteiger partial charge in [-0.15, -0.1) is 5.10 Å². The molecule has 39 heavy (non-hydrogen) atoms. The third-order valence-corrected chi connectivity index (χ3v) is 6.80. The minimum absolute atomic E-state index is 0.150. The summed E-state index contributed by atoms with van der Waals surface area (Å²) in [6.45, 7) is -1.08. The molecule has 0 spiro atoms. The number of hydrogen-bond donors (Lipinski definition) is 1. The average Bonchev–Trinajstić information content (AvgIpc) is 3.65. The van der Waals surface area contributed by atoms with Gasteiger partial charge < -0.3 is 10.1 Å². The molecule has 14 heteroatoms. The number of carbonyl (C=O) groups is 1. The van der Waals surface area contributed by atoms with Crippen LogP contribution in [-0.4, -0.2) is 52.3 Å². The van der Waals surface area contributed by atoms with Gasteiger partial charge in [0.15, 0.2) is 11.5 Å². The predicted octanol–water partition coefficient (Wildman–Crippen LogP) is 3.75. The van der Waals surface area contributed by atoms with Crippen LogP contribution >= 0.6 is 0 Å². The lowest BCUT2D eigenvalue weighted by Gasteiger charge is -2.23. The maximum absolute atomic E-state index is 14.1. The van der Waals surface area contributed by atoms with E-state index >= 15 is 0 Å². The monoisotopic (exact) mass is 535 g/mol. The lowest BCUT2D eigenvalue weighted by atomic mass is 9.82. The van der Waals surface area contributed by atoms with E-state index in [1.807, 2.05) is 0 Å². The fraction of sp³-hybridized carbons (Fsp3) is 0.240. The van der Waals surface area contributed by atoms with Crippen molar-refractivity contribution in [2.75, 3.05) is 12.4 Å². The van der Waals surface area contributed by atoms with Crippen molar-refractivity contribution in [3.8, 4) is 17.3 Å². The standard InChI is InChI=1S/C25H20F3N9O2/c1-25(17-4-7-36(34-17)24(27)28)10-14(15-12-31-19-9-18(26)35-37(19)21(15)25)23(38)33-13-8-16(39-2)20(32-11-13)22-29-5-3-6-30-22/h3-9,11-12,14,24H,10H2,1-2H3,(H,33,38)/t14-,25-/m0/s1. The number of nitrogens with zero attached hydrogens (tertiary/aromatic N) is 8. The molecule has 1 aliphatic rings. The Morgan fingerprint density at radius 2 is 1.95 bits per heavy atom. The molecule has 0 bridgehead atoms. The van der Waals surface area contributed by atoms with Crippen molar-refractivity contribution < 1.29 is 22.7 Å². The van der Waals surface area contributed by atoms with Crippen LogP contribution in [0, 0.1) is 5.95 Å². The Hall–Kier alpha value is -4.88. The quantitative estimate of drug-likeness (QED) is 0.349. The molecule has 0 unspecified atom stereocenters. The first-order valence-corrected chi connectivity index (χ1v) is 11.8. The molecule has 0 saturated carbocycles. The van der Waals surface area contributed by atoms with Gasteiger partial charge in [0.05, 0.1) is 41.7 Å². The van der Waals surface area contributed by atoms with E-state index in [1.54, 1.807) is 31.5 Å². The summed E-state index contributed by atoms with van der Waals surface area (Å²) in [4.78, 5) is 30.6. The number of ether oxygens (including phenoxy) is 1. The number of alkyl halides is 2. The van der Waals surface area contributed by atoms with E-state index in [1.165, 1.54) is 30.1 Å². The van der Waals surface area contributed by atoms with Gasteiger partial charge in [0, 0.05) is 42.5 Å². The Kier molecular flexibility index (Phi) is 5.74. The van der Waals surface area contributed by atoms with Crippen LogP contribution in [-0.2, 0) is 10.2 Å². The minimum Gasteiger partial charge on any atom is -0.494 e. The zero-order valence-corrected chi connectivity index (χ0v) is 20.6. The Morgan fingerprint density at radius 3 is 2.67 bits per heavy atom. The molecule has 0 aromatic carbocycles. The Balaban J connectivity index is 1.38. The zero-order valence-electron chi connectivity index (χ0n) is 20.6. The highest BCUT2D eigenvalue weighted by Crippen LogP contribution is 2.49. The molecule has 198 valence electrons. The zero-order chi connectivity index (χ0) is 27.3. The van der Waals surface area contributed by atoms with E-state index in [-0.39, 0.29) is 12.1 Å². The molecule has 1 N–H and O–H groups in total. The van der Waals surface area contributed by atoms with Crippen LogP contribution in [0.25, 0.3) is 17.2 Å². The number of halogens is 3. The van der Waals surface area contributed by atoms with Crippen LogP contribution < -0.4 is 10.1 Å². The largest absolute Gasteiger partial charge is 0.494 e. The molecule has 0 fully saturated rings. The molecular weight excluding hydrogens is 515 g/mol. The van der Waals surface area contributed by atoms with Crippen molar-refractivity contribution in [1.29, 1.82) is 0 Å². The predicted molar refractivity (Wildman–Crippen MR) is 131 cm³/mol. The Morgan fingerprint density at radius 1 is 1.15 bits per heavy atom. The van der Waals surface area contributed by atoms with Gasteiger partial charge in [-0.3, -0.25) is 4.79 Å². The summed E-state index contributed by atoms with van der Waals surface area (Å²) in [5.41, 5.74) is 1.14. The number of methoxy groups -OCH3 is 1. The lowest BCUT2D eigenvalue weighted by molar-refractivity contribution is -0.117. The van der Waals surface area contributed by atoms with Crippen LogP contribution in [0.5, 0.6) is 5.75 Å². The van der Waals surface area contributed by atoms with Crippen molar-refractivity contribution in [1.82, 2.24) is 39.3 Å². The van der Waals surface area contributed by atoms with Crippen LogP contribution in [0.2, 0.25) is 0 Å². The number of fused-ring (bicyclic) bond motifs is 3. The molecule has 6 rings (SSSR count). The van der Waals surface area contributed by atoms with E-state index < -0.39 is 29.7 Å². The van der Waals surface area contributed by atoms with Gasteiger partial charge in [0.25, 0.3) is 0 Å². The van der Waals surface area contributed by atoms with E-state index in [0.717, 1.165) is 12.3 Å². The van der Waals surface area contributed by atoms with Gasteiger partial charge in [-0.25, -0.2) is 29.1 Å². The molecule has 0 aliphatic heterocycles. The number of hydrogen-bond acceptors (Lipinski definition) is 8. The van der Waals surface area contributed by atoms with Crippen molar-refractivity contribution in [2.45, 2.75) is 31.2 Å². The second-order valence-electron chi connectivity index (χ2n) is 9.18. The third kappa shape index (κ3) is 4.04. The third-order valence-electron chi connectivity index (χ3n) is 6.80. The summed E-state index contributed by atoms with van der Waals surface area (Å²) in [5, 5.41) is 10.8. The van der Waals surface area contributed by atoms with Crippen LogP contribution in [0.1, 0.15) is 42.8 Å². The fourth-order valence-corrected chi connectivity index (χ4v) is 5.03. The molecule has 2 atom stereocenters. The molecule has 1 aliphatic carbocycles. The highest BCUT2D eigenvalue weighted by Gasteiger charge is 2.48. The summed E-state index contributed by atoms with van der Waals surface area (Å²) in [5.74, 6) is -1.24. The first-order valence-electron chi connectivity index (χ1n) is 11.8. The summed E-state index contributed by atoms with van der Waals surface area (Å²) in [6, 6.07) is 5.89. The molecule has 1 amide bonds. The number of aromatic nitrogens is 8. The van der Waals surface area contributed by atoms with Gasteiger partial charge in [0.1, 0.15) is 11.4 Å². The molecule has 5 heterocycles. The van der Waals surface area contributed by atoms with Gasteiger partial charge in [-0.2, -0.15) is 18.3 Å². The minimum atomic E-state index is -2.84.